The molecule has 1 aliphatic heterocycles. The minimum absolute atomic E-state index is 0.0486. The molecule has 1 saturated heterocycles. The summed E-state index contributed by atoms with van der Waals surface area (Å²) >= 11 is 3.44. The number of hydrogen-bond donors (Lipinski definition) is 1. The number of piperidine rings is 1. The standard InChI is InChI=1S/C15H17BrN2O2/c1-9-7-11(17)5-6-18(9)15(19)13-8-10-3-2-4-12(16)14(10)20-13/h2-4,8-9,11H,5-7,17H2,1H3. The van der Waals surface area contributed by atoms with Crippen LogP contribution in [0.15, 0.2) is 33.2 Å². The van der Waals surface area contributed by atoms with E-state index in [1.165, 1.54) is 0 Å². The van der Waals surface area contributed by atoms with Crippen molar-refractivity contribution >= 4 is 32.8 Å². The molecule has 0 aliphatic carbocycles. The summed E-state index contributed by atoms with van der Waals surface area (Å²) in [5, 5.41) is 0.934. The number of benzene rings is 1. The first kappa shape index (κ1) is 13.6. The van der Waals surface area contributed by atoms with Gasteiger partial charge in [-0.15, -0.1) is 0 Å². The molecule has 1 amide bonds. The van der Waals surface area contributed by atoms with E-state index in [2.05, 4.69) is 15.9 Å². The van der Waals surface area contributed by atoms with E-state index >= 15 is 0 Å². The summed E-state index contributed by atoms with van der Waals surface area (Å²) in [5.74, 6) is 0.349. The third kappa shape index (κ3) is 2.36. The molecule has 20 heavy (non-hydrogen) atoms. The van der Waals surface area contributed by atoms with E-state index in [4.69, 9.17) is 10.2 Å². The van der Waals surface area contributed by atoms with Crippen molar-refractivity contribution in [2.24, 2.45) is 5.73 Å². The smallest absolute Gasteiger partial charge is 0.289 e. The second kappa shape index (κ2) is 5.22. The number of likely N-dealkylation sites (tertiary alicyclic amines) is 1. The quantitative estimate of drug-likeness (QED) is 0.870. The number of furan rings is 1. The molecule has 2 atom stereocenters. The molecule has 0 saturated carbocycles. The summed E-state index contributed by atoms with van der Waals surface area (Å²) in [6.07, 6.45) is 1.69. The average Bonchev–Trinajstić information content (AvgIpc) is 2.83. The fraction of sp³-hybridized carbons (Fsp3) is 0.400. The van der Waals surface area contributed by atoms with Crippen molar-refractivity contribution in [3.8, 4) is 0 Å². The maximum Gasteiger partial charge on any atom is 0.289 e. The lowest BCUT2D eigenvalue weighted by molar-refractivity contribution is 0.0589. The number of hydrogen-bond acceptors (Lipinski definition) is 3. The first-order valence-electron chi connectivity index (χ1n) is 6.81. The largest absolute Gasteiger partial charge is 0.450 e. The normalized spacial score (nSPS) is 23.2. The third-order valence-corrected chi connectivity index (χ3v) is 4.51. The molecule has 0 bridgehead atoms. The Kier molecular flexibility index (Phi) is 3.56. The SMILES string of the molecule is CC1CC(N)CCN1C(=O)c1cc2cccc(Br)c2o1. The van der Waals surface area contributed by atoms with Gasteiger partial charge in [0.15, 0.2) is 5.76 Å². The Balaban J connectivity index is 1.91. The van der Waals surface area contributed by atoms with Gasteiger partial charge in [0, 0.05) is 24.0 Å². The van der Waals surface area contributed by atoms with Gasteiger partial charge < -0.3 is 15.1 Å². The molecule has 1 aromatic carbocycles. The van der Waals surface area contributed by atoms with Crippen LogP contribution in [0.2, 0.25) is 0 Å². The van der Waals surface area contributed by atoms with Gasteiger partial charge in [0.1, 0.15) is 5.58 Å². The van der Waals surface area contributed by atoms with Crippen molar-refractivity contribution in [1.82, 2.24) is 4.90 Å². The second-order valence-electron chi connectivity index (χ2n) is 5.40. The van der Waals surface area contributed by atoms with E-state index < -0.39 is 0 Å². The van der Waals surface area contributed by atoms with Crippen LogP contribution < -0.4 is 5.73 Å². The number of para-hydroxylation sites is 1. The highest BCUT2D eigenvalue weighted by molar-refractivity contribution is 9.10. The molecule has 3 rings (SSSR count). The zero-order chi connectivity index (χ0) is 14.3. The van der Waals surface area contributed by atoms with E-state index in [9.17, 15) is 4.79 Å². The number of fused-ring (bicyclic) bond motifs is 1. The van der Waals surface area contributed by atoms with Gasteiger partial charge in [-0.2, -0.15) is 0 Å². The van der Waals surface area contributed by atoms with Crippen molar-refractivity contribution in [2.45, 2.75) is 31.8 Å². The third-order valence-electron chi connectivity index (χ3n) is 3.88. The van der Waals surface area contributed by atoms with Crippen LogP contribution in [-0.4, -0.2) is 29.4 Å². The molecule has 0 radical (unpaired) electrons. The lowest BCUT2D eigenvalue weighted by Gasteiger charge is -2.35. The van der Waals surface area contributed by atoms with Gasteiger partial charge in [0.05, 0.1) is 4.47 Å². The maximum absolute atomic E-state index is 12.6. The number of nitrogens with two attached hydrogens (primary N) is 1. The van der Waals surface area contributed by atoms with Gasteiger partial charge in [-0.25, -0.2) is 0 Å². The second-order valence-corrected chi connectivity index (χ2v) is 6.26. The first-order valence-corrected chi connectivity index (χ1v) is 7.60. The number of nitrogens with zero attached hydrogens (tertiary/aromatic N) is 1. The van der Waals surface area contributed by atoms with Gasteiger partial charge in [0.2, 0.25) is 0 Å². The lowest BCUT2D eigenvalue weighted by atomic mass is 9.99. The molecule has 2 aromatic rings. The van der Waals surface area contributed by atoms with Crippen molar-refractivity contribution < 1.29 is 9.21 Å². The van der Waals surface area contributed by atoms with Gasteiger partial charge >= 0.3 is 0 Å². The molecule has 1 aliphatic rings. The van der Waals surface area contributed by atoms with E-state index in [0.29, 0.717) is 12.3 Å². The van der Waals surface area contributed by atoms with Crippen molar-refractivity contribution in [1.29, 1.82) is 0 Å². The Morgan fingerprint density at radius 1 is 1.50 bits per heavy atom. The topological polar surface area (TPSA) is 59.5 Å². The molecule has 1 fully saturated rings. The fourth-order valence-electron chi connectivity index (χ4n) is 2.78. The first-order chi connectivity index (χ1) is 9.56. The predicted octanol–water partition coefficient (Wildman–Crippen LogP) is 3.15. The molecular weight excluding hydrogens is 320 g/mol. The van der Waals surface area contributed by atoms with Crippen LogP contribution in [0.3, 0.4) is 0 Å². The minimum atomic E-state index is -0.0486. The van der Waals surface area contributed by atoms with Crippen molar-refractivity contribution in [3.05, 3.63) is 34.5 Å². The summed E-state index contributed by atoms with van der Waals surface area (Å²) in [6.45, 7) is 2.73. The fourth-order valence-corrected chi connectivity index (χ4v) is 3.25. The van der Waals surface area contributed by atoms with Gasteiger partial charge in [-0.05, 0) is 47.8 Å². The molecule has 2 heterocycles. The maximum atomic E-state index is 12.6. The molecule has 2 N–H and O–H groups in total. The summed E-state index contributed by atoms with van der Waals surface area (Å²) in [6, 6.07) is 7.93. The number of halogens is 1. The Morgan fingerprint density at radius 3 is 3.00 bits per heavy atom. The molecule has 4 nitrogen and oxygen atoms in total. The number of rotatable bonds is 1. The zero-order valence-electron chi connectivity index (χ0n) is 11.3. The Morgan fingerprint density at radius 2 is 2.30 bits per heavy atom. The van der Waals surface area contributed by atoms with Gasteiger partial charge in [-0.3, -0.25) is 4.79 Å². The number of carbonyl (C=O) groups is 1. The van der Waals surface area contributed by atoms with Crippen LogP contribution in [-0.2, 0) is 0 Å². The summed E-state index contributed by atoms with van der Waals surface area (Å²) in [5.41, 5.74) is 6.66. The number of amides is 1. The molecule has 1 aromatic heterocycles. The Bertz CT molecular complexity index is 652. The van der Waals surface area contributed by atoms with Crippen LogP contribution in [0.1, 0.15) is 30.3 Å². The highest BCUT2D eigenvalue weighted by atomic mass is 79.9. The highest BCUT2D eigenvalue weighted by Gasteiger charge is 2.29. The monoisotopic (exact) mass is 336 g/mol. The minimum Gasteiger partial charge on any atom is -0.450 e. The molecular formula is C15H17BrN2O2. The Labute approximate surface area is 126 Å². The van der Waals surface area contributed by atoms with Gasteiger partial charge in [-0.1, -0.05) is 12.1 Å². The molecule has 5 heteroatoms. The molecule has 106 valence electrons. The van der Waals surface area contributed by atoms with Crippen LogP contribution in [0.25, 0.3) is 11.0 Å². The van der Waals surface area contributed by atoms with E-state index in [-0.39, 0.29) is 18.0 Å². The Hall–Kier alpha value is -1.33. The summed E-state index contributed by atoms with van der Waals surface area (Å²) < 4.78 is 6.58. The summed E-state index contributed by atoms with van der Waals surface area (Å²) in [7, 11) is 0. The highest BCUT2D eigenvalue weighted by Crippen LogP contribution is 2.28. The van der Waals surface area contributed by atoms with E-state index in [1.54, 1.807) is 0 Å². The van der Waals surface area contributed by atoms with E-state index in [1.807, 2.05) is 36.1 Å². The van der Waals surface area contributed by atoms with Gasteiger partial charge in [0.25, 0.3) is 5.91 Å². The van der Waals surface area contributed by atoms with E-state index in [0.717, 1.165) is 28.3 Å². The number of carbonyl (C=O) groups excluding carboxylic acids is 1. The van der Waals surface area contributed by atoms with Crippen molar-refractivity contribution in [2.75, 3.05) is 6.54 Å². The van der Waals surface area contributed by atoms with Crippen LogP contribution in [0.5, 0.6) is 0 Å². The zero-order valence-corrected chi connectivity index (χ0v) is 12.9. The lowest BCUT2D eigenvalue weighted by Crippen LogP contribution is -2.48. The average molecular weight is 337 g/mol. The van der Waals surface area contributed by atoms with Crippen molar-refractivity contribution in [3.63, 3.8) is 0 Å². The van der Waals surface area contributed by atoms with Crippen LogP contribution in [0.4, 0.5) is 0 Å². The predicted molar refractivity (Wildman–Crippen MR) is 81.6 cm³/mol. The molecule has 2 unspecified atom stereocenters. The summed E-state index contributed by atoms with van der Waals surface area (Å²) in [4.78, 5) is 14.4. The van der Waals surface area contributed by atoms with Crippen LogP contribution >= 0.6 is 15.9 Å². The van der Waals surface area contributed by atoms with Crippen LogP contribution in [0, 0.1) is 0 Å². The molecule has 0 spiro atoms.